The average molecular weight is 420 g/mol. The summed E-state index contributed by atoms with van der Waals surface area (Å²) < 4.78 is 15.2. The number of hydrogen-bond acceptors (Lipinski definition) is 4. The van der Waals surface area contributed by atoms with Crippen LogP contribution in [-0.2, 0) is 4.79 Å². The lowest BCUT2D eigenvalue weighted by molar-refractivity contribution is -0.115. The van der Waals surface area contributed by atoms with Crippen molar-refractivity contribution in [1.82, 2.24) is 4.57 Å². The first-order chi connectivity index (χ1) is 14.8. The molecule has 0 radical (unpaired) electrons. The van der Waals surface area contributed by atoms with E-state index in [4.69, 9.17) is 0 Å². The van der Waals surface area contributed by atoms with Gasteiger partial charge in [-0.3, -0.25) is 9.36 Å². The maximum Gasteiger partial charge on any atom is 0.245 e. The first kappa shape index (κ1) is 22.1. The molecule has 1 aromatic heterocycles. The van der Waals surface area contributed by atoms with Crippen LogP contribution >= 0.6 is 0 Å². The third-order valence-electron chi connectivity index (χ3n) is 5.11. The highest BCUT2D eigenvalue weighted by Gasteiger charge is 2.22. The van der Waals surface area contributed by atoms with Crippen LogP contribution in [0.4, 0.5) is 15.9 Å². The summed E-state index contributed by atoms with van der Waals surface area (Å²) in [5, 5.41) is 22.4. The third-order valence-corrected chi connectivity index (χ3v) is 5.11. The normalized spacial score (nSPS) is 11.6. The number of benzene rings is 2. The van der Waals surface area contributed by atoms with E-state index in [1.165, 1.54) is 12.1 Å². The number of aliphatic hydroxyl groups is 1. The van der Waals surface area contributed by atoms with Crippen LogP contribution in [-0.4, -0.2) is 34.8 Å². The summed E-state index contributed by atoms with van der Waals surface area (Å²) in [4.78, 5) is 14.8. The quantitative estimate of drug-likeness (QED) is 0.607. The number of hydrogen-bond donors (Lipinski definition) is 2. The minimum Gasteiger partial charge on any atom is -0.392 e. The highest BCUT2D eigenvalue weighted by atomic mass is 19.1. The van der Waals surface area contributed by atoms with E-state index in [1.807, 2.05) is 44.2 Å². The van der Waals surface area contributed by atoms with Gasteiger partial charge in [0.2, 0.25) is 5.91 Å². The summed E-state index contributed by atoms with van der Waals surface area (Å²) in [5.74, 6) is -0.353. The first-order valence-electron chi connectivity index (χ1n) is 9.97. The number of para-hydroxylation sites is 1. The van der Waals surface area contributed by atoms with Gasteiger partial charge in [0.1, 0.15) is 17.7 Å². The Labute approximate surface area is 181 Å². The monoisotopic (exact) mass is 420 g/mol. The first-order valence-corrected chi connectivity index (χ1v) is 9.97. The second kappa shape index (κ2) is 9.45. The molecule has 0 saturated heterocycles. The molecule has 2 aromatic carbocycles. The van der Waals surface area contributed by atoms with Crippen LogP contribution in [0.2, 0.25) is 0 Å². The molecule has 1 heterocycles. The molecule has 0 aliphatic heterocycles. The van der Waals surface area contributed by atoms with Crippen molar-refractivity contribution in [3.8, 4) is 11.8 Å². The van der Waals surface area contributed by atoms with Crippen LogP contribution in [0.5, 0.6) is 0 Å². The Bertz CT molecular complexity index is 1100. The van der Waals surface area contributed by atoms with Gasteiger partial charge in [-0.05, 0) is 62.7 Å². The maximum atomic E-state index is 13.4. The second-order valence-electron chi connectivity index (χ2n) is 7.47. The fourth-order valence-corrected chi connectivity index (χ4v) is 3.54. The van der Waals surface area contributed by atoms with Gasteiger partial charge in [0.15, 0.2) is 0 Å². The number of anilines is 2. The van der Waals surface area contributed by atoms with Gasteiger partial charge in [0.05, 0.1) is 18.2 Å². The predicted molar refractivity (Wildman–Crippen MR) is 119 cm³/mol. The molecule has 7 heteroatoms. The molecule has 1 unspecified atom stereocenters. The molecule has 0 fully saturated rings. The minimum atomic E-state index is -0.629. The SMILES string of the molecule is Cc1c(C#N)c(NC(=O)CN(CC(C)O)c2ccccc2)n(-c2ccc(F)cc2)c1C. The number of carbonyl (C=O) groups excluding carboxylic acids is 1. The average Bonchev–Trinajstić information content (AvgIpc) is 2.97. The number of amides is 1. The largest absolute Gasteiger partial charge is 0.392 e. The molecule has 2 N–H and O–H groups in total. The molecule has 0 aliphatic carbocycles. The summed E-state index contributed by atoms with van der Waals surface area (Å²) in [6.45, 7) is 5.59. The molecule has 1 atom stereocenters. The topological polar surface area (TPSA) is 81.3 Å². The van der Waals surface area contributed by atoms with Gasteiger partial charge in [0.25, 0.3) is 0 Å². The number of carbonyl (C=O) groups is 1. The number of aromatic nitrogens is 1. The molecular formula is C24H25FN4O2. The van der Waals surface area contributed by atoms with E-state index < -0.39 is 6.10 Å². The summed E-state index contributed by atoms with van der Waals surface area (Å²) in [6, 6.07) is 17.4. The molecule has 0 bridgehead atoms. The van der Waals surface area contributed by atoms with Crippen molar-refractivity contribution in [1.29, 1.82) is 5.26 Å². The molecule has 3 rings (SSSR count). The number of aliphatic hydroxyl groups excluding tert-OH is 1. The Morgan fingerprint density at radius 1 is 1.19 bits per heavy atom. The lowest BCUT2D eigenvalue weighted by Crippen LogP contribution is -2.38. The van der Waals surface area contributed by atoms with Gasteiger partial charge in [-0.15, -0.1) is 0 Å². The van der Waals surface area contributed by atoms with E-state index in [2.05, 4.69) is 11.4 Å². The maximum absolute atomic E-state index is 13.4. The van der Waals surface area contributed by atoms with Crippen molar-refractivity contribution in [2.45, 2.75) is 26.9 Å². The Morgan fingerprint density at radius 2 is 1.84 bits per heavy atom. The van der Waals surface area contributed by atoms with E-state index in [1.54, 1.807) is 28.5 Å². The summed E-state index contributed by atoms with van der Waals surface area (Å²) in [7, 11) is 0. The number of nitrogens with zero attached hydrogens (tertiary/aromatic N) is 3. The molecule has 0 aliphatic rings. The fourth-order valence-electron chi connectivity index (χ4n) is 3.54. The van der Waals surface area contributed by atoms with Gasteiger partial charge in [-0.2, -0.15) is 5.26 Å². The Morgan fingerprint density at radius 3 is 2.42 bits per heavy atom. The highest BCUT2D eigenvalue weighted by Crippen LogP contribution is 2.30. The van der Waals surface area contributed by atoms with Gasteiger partial charge in [-0.1, -0.05) is 18.2 Å². The van der Waals surface area contributed by atoms with E-state index in [9.17, 15) is 19.6 Å². The Hall–Kier alpha value is -3.63. The predicted octanol–water partition coefficient (Wildman–Crippen LogP) is 3.93. The number of nitriles is 1. The van der Waals surface area contributed by atoms with Crippen LogP contribution < -0.4 is 10.2 Å². The summed E-state index contributed by atoms with van der Waals surface area (Å²) in [6.07, 6.45) is -0.629. The molecule has 3 aromatic rings. The van der Waals surface area contributed by atoms with Gasteiger partial charge < -0.3 is 15.3 Å². The van der Waals surface area contributed by atoms with E-state index in [0.717, 1.165) is 16.9 Å². The van der Waals surface area contributed by atoms with Crippen LogP contribution in [0.1, 0.15) is 23.7 Å². The molecule has 0 saturated carbocycles. The fraction of sp³-hybridized carbons (Fsp3) is 0.250. The Kier molecular flexibility index (Phi) is 6.73. The zero-order chi connectivity index (χ0) is 22.5. The van der Waals surface area contributed by atoms with Crippen molar-refractivity contribution in [2.75, 3.05) is 23.3 Å². The van der Waals surface area contributed by atoms with Crippen molar-refractivity contribution >= 4 is 17.4 Å². The standard InChI is InChI=1S/C24H25FN4O2/c1-16(30)14-28(20-7-5-4-6-8-20)15-23(31)27-24-22(13-26)17(2)18(3)29(24)21-11-9-19(25)10-12-21/h4-12,16,30H,14-15H2,1-3H3,(H,27,31). The van der Waals surface area contributed by atoms with Crippen molar-refractivity contribution in [3.63, 3.8) is 0 Å². The summed E-state index contributed by atoms with van der Waals surface area (Å²) >= 11 is 0. The number of rotatable bonds is 7. The van der Waals surface area contributed by atoms with E-state index in [0.29, 0.717) is 17.1 Å². The number of nitrogens with one attached hydrogen (secondary N) is 1. The molecule has 31 heavy (non-hydrogen) atoms. The van der Waals surface area contributed by atoms with Gasteiger partial charge in [0, 0.05) is 23.6 Å². The second-order valence-corrected chi connectivity index (χ2v) is 7.47. The minimum absolute atomic E-state index is 0.00747. The Balaban J connectivity index is 1.94. The zero-order valence-corrected chi connectivity index (χ0v) is 17.8. The van der Waals surface area contributed by atoms with Crippen LogP contribution in [0.15, 0.2) is 54.6 Å². The molecule has 1 amide bonds. The summed E-state index contributed by atoms with van der Waals surface area (Å²) in [5.41, 5.74) is 3.33. The smallest absolute Gasteiger partial charge is 0.245 e. The zero-order valence-electron chi connectivity index (χ0n) is 17.8. The van der Waals surface area contributed by atoms with Crippen molar-refractivity contribution in [2.24, 2.45) is 0 Å². The lowest BCUT2D eigenvalue weighted by atomic mass is 10.2. The van der Waals surface area contributed by atoms with Crippen molar-refractivity contribution < 1.29 is 14.3 Å². The molecule has 160 valence electrons. The van der Waals surface area contributed by atoms with Crippen LogP contribution in [0, 0.1) is 31.0 Å². The van der Waals surface area contributed by atoms with Crippen LogP contribution in [0.25, 0.3) is 5.69 Å². The van der Waals surface area contributed by atoms with E-state index >= 15 is 0 Å². The number of halogens is 1. The highest BCUT2D eigenvalue weighted by molar-refractivity contribution is 5.95. The molecular weight excluding hydrogens is 395 g/mol. The van der Waals surface area contributed by atoms with E-state index in [-0.39, 0.29) is 24.8 Å². The van der Waals surface area contributed by atoms with Gasteiger partial charge >= 0.3 is 0 Å². The van der Waals surface area contributed by atoms with Crippen LogP contribution in [0.3, 0.4) is 0 Å². The van der Waals surface area contributed by atoms with Crippen molar-refractivity contribution in [3.05, 3.63) is 77.2 Å². The van der Waals surface area contributed by atoms with Gasteiger partial charge in [-0.25, -0.2) is 4.39 Å². The lowest BCUT2D eigenvalue weighted by Gasteiger charge is -2.25. The molecule has 6 nitrogen and oxygen atoms in total. The molecule has 0 spiro atoms. The third kappa shape index (κ3) is 4.93.